The monoisotopic (exact) mass is 352 g/mol. The van der Waals surface area contributed by atoms with E-state index in [-0.39, 0.29) is 5.91 Å². The predicted octanol–water partition coefficient (Wildman–Crippen LogP) is 4.11. The molecular formula is C19H17ClN4O. The summed E-state index contributed by atoms with van der Waals surface area (Å²) in [5.41, 5.74) is 3.66. The molecule has 1 aromatic carbocycles. The highest BCUT2D eigenvalue weighted by Gasteiger charge is 2.17. The Hall–Kier alpha value is -2.92. The second kappa shape index (κ2) is 7.32. The van der Waals surface area contributed by atoms with Crippen molar-refractivity contribution in [3.05, 3.63) is 71.0 Å². The third-order valence-corrected chi connectivity index (χ3v) is 4.14. The van der Waals surface area contributed by atoms with E-state index >= 15 is 0 Å². The molecule has 0 radical (unpaired) electrons. The quantitative estimate of drug-likeness (QED) is 0.719. The molecule has 0 aliphatic heterocycles. The van der Waals surface area contributed by atoms with E-state index in [1.807, 2.05) is 31.2 Å². The number of aromatic amines is 1. The Labute approximate surface area is 151 Å². The van der Waals surface area contributed by atoms with Crippen molar-refractivity contribution in [2.45, 2.75) is 6.92 Å². The maximum absolute atomic E-state index is 12.4. The lowest BCUT2D eigenvalue weighted by Gasteiger charge is -2.13. The lowest BCUT2D eigenvalue weighted by atomic mass is 10.1. The largest absolute Gasteiger partial charge is 0.295 e. The van der Waals surface area contributed by atoms with Crippen LogP contribution in [0.1, 0.15) is 11.1 Å². The molecule has 0 saturated heterocycles. The van der Waals surface area contributed by atoms with Gasteiger partial charge in [0.1, 0.15) is 0 Å². The average molecular weight is 353 g/mol. The molecule has 25 heavy (non-hydrogen) atoms. The van der Waals surface area contributed by atoms with Gasteiger partial charge in [-0.05, 0) is 42.8 Å². The number of nitrogens with zero attached hydrogens (tertiary/aromatic N) is 3. The maximum Gasteiger partial charge on any atom is 0.251 e. The van der Waals surface area contributed by atoms with Crippen LogP contribution in [0.4, 0.5) is 5.82 Å². The van der Waals surface area contributed by atoms with Gasteiger partial charge in [-0.1, -0.05) is 23.7 Å². The van der Waals surface area contributed by atoms with E-state index in [2.05, 4.69) is 15.2 Å². The van der Waals surface area contributed by atoms with Crippen LogP contribution in [0.2, 0.25) is 5.02 Å². The molecule has 0 bridgehead atoms. The molecule has 0 aliphatic carbocycles. The van der Waals surface area contributed by atoms with Gasteiger partial charge >= 0.3 is 0 Å². The van der Waals surface area contributed by atoms with Crippen molar-refractivity contribution >= 4 is 29.4 Å². The molecule has 3 aromatic rings. The maximum atomic E-state index is 12.4. The Morgan fingerprint density at radius 1 is 1.16 bits per heavy atom. The Morgan fingerprint density at radius 3 is 2.52 bits per heavy atom. The highest BCUT2D eigenvalue weighted by molar-refractivity contribution is 6.30. The number of amides is 1. The Balaban J connectivity index is 1.79. The van der Waals surface area contributed by atoms with E-state index < -0.39 is 0 Å². The van der Waals surface area contributed by atoms with Crippen molar-refractivity contribution in [2.24, 2.45) is 0 Å². The summed E-state index contributed by atoms with van der Waals surface area (Å²) in [5.74, 6) is 0.434. The van der Waals surface area contributed by atoms with Gasteiger partial charge in [-0.3, -0.25) is 19.8 Å². The number of rotatable bonds is 4. The number of anilines is 1. The summed E-state index contributed by atoms with van der Waals surface area (Å²) in [6.45, 7) is 1.93. The number of nitrogens with one attached hydrogen (secondary N) is 1. The van der Waals surface area contributed by atoms with Gasteiger partial charge in [0, 0.05) is 41.7 Å². The minimum absolute atomic E-state index is 0.161. The van der Waals surface area contributed by atoms with Crippen LogP contribution in [0.5, 0.6) is 0 Å². The number of likely N-dealkylation sites (N-methyl/N-ethyl adjacent to an activating group) is 1. The topological polar surface area (TPSA) is 61.9 Å². The minimum Gasteiger partial charge on any atom is -0.295 e. The number of carbonyl (C=O) groups is 1. The summed E-state index contributed by atoms with van der Waals surface area (Å²) in [7, 11) is 1.70. The predicted molar refractivity (Wildman–Crippen MR) is 100 cm³/mol. The Morgan fingerprint density at radius 2 is 1.84 bits per heavy atom. The van der Waals surface area contributed by atoms with Crippen molar-refractivity contribution < 1.29 is 4.79 Å². The van der Waals surface area contributed by atoms with Crippen LogP contribution in [0, 0.1) is 6.92 Å². The van der Waals surface area contributed by atoms with E-state index in [1.54, 1.807) is 37.7 Å². The second-order valence-corrected chi connectivity index (χ2v) is 6.00. The number of H-pyrrole nitrogens is 1. The van der Waals surface area contributed by atoms with Gasteiger partial charge < -0.3 is 0 Å². The number of hydrogen-bond donors (Lipinski definition) is 1. The number of hydrogen-bond acceptors (Lipinski definition) is 3. The van der Waals surface area contributed by atoms with Gasteiger partial charge in [0.25, 0.3) is 5.91 Å². The first kappa shape index (κ1) is 16.9. The lowest BCUT2D eigenvalue weighted by Crippen LogP contribution is -2.25. The van der Waals surface area contributed by atoms with Crippen LogP contribution in [0.15, 0.2) is 54.9 Å². The van der Waals surface area contributed by atoms with E-state index in [1.165, 1.54) is 11.0 Å². The molecule has 6 heteroatoms. The summed E-state index contributed by atoms with van der Waals surface area (Å²) in [4.78, 5) is 18.0. The third kappa shape index (κ3) is 3.78. The van der Waals surface area contributed by atoms with E-state index in [0.29, 0.717) is 10.8 Å². The number of halogens is 1. The first-order chi connectivity index (χ1) is 12.1. The molecule has 2 aromatic heterocycles. The lowest BCUT2D eigenvalue weighted by molar-refractivity contribution is -0.113. The zero-order valence-corrected chi connectivity index (χ0v) is 14.7. The molecule has 0 atom stereocenters. The van der Waals surface area contributed by atoms with Crippen LogP contribution < -0.4 is 4.90 Å². The molecule has 0 unspecified atom stereocenters. The summed E-state index contributed by atoms with van der Waals surface area (Å²) >= 11 is 5.86. The fraction of sp³-hybridized carbons (Fsp3) is 0.105. The standard InChI is InChI=1S/C19H17ClN4O/c1-13-18(15-9-11-21-12-10-15)22-23-19(13)24(2)17(25)8-5-14-3-6-16(20)7-4-14/h3-12H,1-2H3,(H,22,23)/b8-5+. The Kier molecular flexibility index (Phi) is 4.95. The fourth-order valence-electron chi connectivity index (χ4n) is 2.47. The van der Waals surface area contributed by atoms with Crippen molar-refractivity contribution in [1.29, 1.82) is 0 Å². The SMILES string of the molecule is Cc1c(N(C)C(=O)/C=C/c2ccc(Cl)cc2)n[nH]c1-c1ccncc1. The number of benzene rings is 1. The summed E-state index contributed by atoms with van der Waals surface area (Å²) < 4.78 is 0. The molecule has 0 aliphatic rings. The minimum atomic E-state index is -0.161. The van der Waals surface area contributed by atoms with Gasteiger partial charge in [-0.2, -0.15) is 5.10 Å². The van der Waals surface area contributed by atoms with Crippen molar-refractivity contribution in [3.8, 4) is 11.3 Å². The van der Waals surface area contributed by atoms with Crippen molar-refractivity contribution in [1.82, 2.24) is 15.2 Å². The second-order valence-electron chi connectivity index (χ2n) is 5.57. The highest BCUT2D eigenvalue weighted by Crippen LogP contribution is 2.27. The number of aromatic nitrogens is 3. The zero-order chi connectivity index (χ0) is 17.8. The molecule has 0 fully saturated rings. The number of carbonyl (C=O) groups excluding carboxylic acids is 1. The smallest absolute Gasteiger partial charge is 0.251 e. The zero-order valence-electron chi connectivity index (χ0n) is 13.9. The van der Waals surface area contributed by atoms with Gasteiger partial charge in [0.15, 0.2) is 5.82 Å². The van der Waals surface area contributed by atoms with E-state index in [4.69, 9.17) is 11.6 Å². The highest BCUT2D eigenvalue weighted by atomic mass is 35.5. The van der Waals surface area contributed by atoms with Gasteiger partial charge in [0.2, 0.25) is 0 Å². The molecular weight excluding hydrogens is 336 g/mol. The van der Waals surface area contributed by atoms with E-state index in [9.17, 15) is 4.79 Å². The molecule has 5 nitrogen and oxygen atoms in total. The molecule has 126 valence electrons. The average Bonchev–Trinajstić information content (AvgIpc) is 3.02. The summed E-state index contributed by atoms with van der Waals surface area (Å²) in [6, 6.07) is 11.1. The first-order valence-corrected chi connectivity index (χ1v) is 8.11. The Bertz CT molecular complexity index is 901. The molecule has 2 heterocycles. The van der Waals surface area contributed by atoms with Gasteiger partial charge in [0.05, 0.1) is 5.69 Å². The van der Waals surface area contributed by atoms with E-state index in [0.717, 1.165) is 22.4 Å². The van der Waals surface area contributed by atoms with Crippen LogP contribution in [0.25, 0.3) is 17.3 Å². The van der Waals surface area contributed by atoms with Crippen LogP contribution in [0.3, 0.4) is 0 Å². The third-order valence-electron chi connectivity index (χ3n) is 3.89. The summed E-state index contributed by atoms with van der Waals surface area (Å²) in [5, 5.41) is 7.95. The molecule has 1 amide bonds. The summed E-state index contributed by atoms with van der Waals surface area (Å²) in [6.07, 6.45) is 6.71. The van der Waals surface area contributed by atoms with Gasteiger partial charge in [-0.15, -0.1) is 0 Å². The fourth-order valence-corrected chi connectivity index (χ4v) is 2.60. The normalized spacial score (nSPS) is 11.0. The van der Waals surface area contributed by atoms with Crippen LogP contribution in [-0.4, -0.2) is 28.1 Å². The van der Waals surface area contributed by atoms with Gasteiger partial charge in [-0.25, -0.2) is 0 Å². The first-order valence-electron chi connectivity index (χ1n) is 7.73. The van der Waals surface area contributed by atoms with Crippen LogP contribution >= 0.6 is 11.6 Å². The van der Waals surface area contributed by atoms with Crippen molar-refractivity contribution in [3.63, 3.8) is 0 Å². The van der Waals surface area contributed by atoms with Crippen LogP contribution in [-0.2, 0) is 4.79 Å². The van der Waals surface area contributed by atoms with Crippen molar-refractivity contribution in [2.75, 3.05) is 11.9 Å². The molecule has 0 spiro atoms. The molecule has 0 saturated carbocycles. The molecule has 3 rings (SSSR count). The number of pyridine rings is 1. The molecule has 1 N–H and O–H groups in total.